The molecule has 1 aliphatic carbocycles. The number of carbonyl (C=O) groups excluding carboxylic acids is 1. The molecule has 1 atom stereocenters. The summed E-state index contributed by atoms with van der Waals surface area (Å²) in [7, 11) is 0. The molecule has 0 saturated heterocycles. The average Bonchev–Trinajstić information content (AvgIpc) is 3.13. The summed E-state index contributed by atoms with van der Waals surface area (Å²) in [5.74, 6) is -0.375. The van der Waals surface area contributed by atoms with Crippen LogP contribution in [0.1, 0.15) is 59.3 Å². The van der Waals surface area contributed by atoms with Crippen LogP contribution in [0.3, 0.4) is 0 Å². The van der Waals surface area contributed by atoms with Crippen LogP contribution < -0.4 is 10.6 Å². The zero-order chi connectivity index (χ0) is 15.9. The van der Waals surface area contributed by atoms with E-state index in [-0.39, 0.29) is 18.4 Å². The number of carbonyl (C=O) groups is 2. The molecule has 2 amide bonds. The summed E-state index contributed by atoms with van der Waals surface area (Å²) in [6, 6.07) is -0.170. The summed E-state index contributed by atoms with van der Waals surface area (Å²) in [5, 5.41) is 14.7. The summed E-state index contributed by atoms with van der Waals surface area (Å²) in [6.07, 6.45) is 5.65. The highest BCUT2D eigenvalue weighted by Gasteiger charge is 2.41. The molecule has 122 valence electrons. The first-order chi connectivity index (χ1) is 9.87. The molecule has 0 aromatic heterocycles. The normalized spacial score (nSPS) is 17.3. The molecule has 0 spiro atoms. The Kier molecular flexibility index (Phi) is 6.99. The Labute approximate surface area is 127 Å². The van der Waals surface area contributed by atoms with Gasteiger partial charge in [0.1, 0.15) is 0 Å². The number of aliphatic carboxylic acids is 1. The van der Waals surface area contributed by atoms with Gasteiger partial charge in [-0.2, -0.15) is 0 Å². The van der Waals surface area contributed by atoms with E-state index >= 15 is 0 Å². The summed E-state index contributed by atoms with van der Waals surface area (Å²) in [6.45, 7) is 7.47. The molecule has 0 heterocycles. The van der Waals surface area contributed by atoms with Crippen molar-refractivity contribution in [2.45, 2.75) is 59.3 Å². The molecule has 0 unspecified atom stereocenters. The van der Waals surface area contributed by atoms with Crippen LogP contribution in [-0.2, 0) is 4.79 Å². The van der Waals surface area contributed by atoms with Gasteiger partial charge in [0.15, 0.2) is 0 Å². The Balaban J connectivity index is 2.27. The SMILES string of the molecule is CCCC1(CNC(=O)NC[C@H](CC(=O)O)CC(C)C)CC1. The van der Waals surface area contributed by atoms with E-state index in [0.29, 0.717) is 17.9 Å². The zero-order valence-electron chi connectivity index (χ0n) is 13.6. The van der Waals surface area contributed by atoms with E-state index in [4.69, 9.17) is 5.11 Å². The Hall–Kier alpha value is -1.26. The maximum atomic E-state index is 11.8. The van der Waals surface area contributed by atoms with E-state index in [9.17, 15) is 9.59 Å². The van der Waals surface area contributed by atoms with Crippen molar-refractivity contribution in [2.75, 3.05) is 13.1 Å². The van der Waals surface area contributed by atoms with E-state index in [1.807, 2.05) is 0 Å². The molecule has 0 aromatic rings. The third-order valence-corrected chi connectivity index (χ3v) is 4.18. The lowest BCUT2D eigenvalue weighted by atomic mass is 9.94. The number of carboxylic acids is 1. The van der Waals surface area contributed by atoms with Crippen LogP contribution in [-0.4, -0.2) is 30.2 Å². The highest BCUT2D eigenvalue weighted by molar-refractivity contribution is 5.74. The minimum Gasteiger partial charge on any atom is -0.481 e. The monoisotopic (exact) mass is 298 g/mol. The second kappa shape index (κ2) is 8.25. The van der Waals surface area contributed by atoms with Crippen molar-refractivity contribution in [1.82, 2.24) is 10.6 Å². The van der Waals surface area contributed by atoms with Crippen LogP contribution in [0.4, 0.5) is 4.79 Å². The molecule has 1 fully saturated rings. The smallest absolute Gasteiger partial charge is 0.314 e. The molecule has 3 N–H and O–H groups in total. The number of hydrogen-bond acceptors (Lipinski definition) is 2. The number of urea groups is 1. The van der Waals surface area contributed by atoms with Gasteiger partial charge >= 0.3 is 12.0 Å². The fourth-order valence-electron chi connectivity index (χ4n) is 2.94. The van der Waals surface area contributed by atoms with Crippen molar-refractivity contribution < 1.29 is 14.7 Å². The van der Waals surface area contributed by atoms with Crippen LogP contribution >= 0.6 is 0 Å². The molecule has 0 aliphatic heterocycles. The molecule has 5 heteroatoms. The van der Waals surface area contributed by atoms with Crippen molar-refractivity contribution in [3.05, 3.63) is 0 Å². The molecule has 5 nitrogen and oxygen atoms in total. The highest BCUT2D eigenvalue weighted by Crippen LogP contribution is 2.48. The molecule has 0 radical (unpaired) electrons. The van der Waals surface area contributed by atoms with Gasteiger partial charge in [-0.3, -0.25) is 4.79 Å². The highest BCUT2D eigenvalue weighted by atomic mass is 16.4. The zero-order valence-corrected chi connectivity index (χ0v) is 13.6. The Morgan fingerprint density at radius 2 is 1.90 bits per heavy atom. The quantitative estimate of drug-likeness (QED) is 0.580. The third-order valence-electron chi connectivity index (χ3n) is 4.18. The fraction of sp³-hybridized carbons (Fsp3) is 0.875. The van der Waals surface area contributed by atoms with Crippen LogP contribution in [0.15, 0.2) is 0 Å². The molecule has 0 bridgehead atoms. The Bertz CT molecular complexity index is 351. The lowest BCUT2D eigenvalue weighted by molar-refractivity contribution is -0.138. The third kappa shape index (κ3) is 7.34. The van der Waals surface area contributed by atoms with E-state index in [1.165, 1.54) is 19.3 Å². The van der Waals surface area contributed by atoms with Crippen molar-refractivity contribution in [1.29, 1.82) is 0 Å². The summed E-state index contributed by atoms with van der Waals surface area (Å²) >= 11 is 0. The van der Waals surface area contributed by atoms with Crippen molar-refractivity contribution in [3.8, 4) is 0 Å². The fourth-order valence-corrected chi connectivity index (χ4v) is 2.94. The van der Waals surface area contributed by atoms with Gasteiger partial charge in [0.2, 0.25) is 0 Å². The molecule has 21 heavy (non-hydrogen) atoms. The van der Waals surface area contributed by atoms with Gasteiger partial charge in [-0.1, -0.05) is 27.2 Å². The van der Waals surface area contributed by atoms with E-state index in [0.717, 1.165) is 19.4 Å². The standard InChI is InChI=1S/C16H30N2O3/c1-4-5-16(6-7-16)11-18-15(21)17-10-13(8-12(2)3)9-14(19)20/h12-13H,4-11H2,1-3H3,(H,19,20)(H2,17,18,21)/t13-/m0/s1. The first-order valence-corrected chi connectivity index (χ1v) is 8.10. The summed E-state index contributed by atoms with van der Waals surface area (Å²) in [4.78, 5) is 22.7. The van der Waals surface area contributed by atoms with Crippen molar-refractivity contribution >= 4 is 12.0 Å². The number of rotatable bonds is 10. The number of hydrogen-bond donors (Lipinski definition) is 3. The van der Waals surface area contributed by atoms with Gasteiger partial charge in [-0.25, -0.2) is 4.79 Å². The van der Waals surface area contributed by atoms with Crippen LogP contribution in [0.5, 0.6) is 0 Å². The largest absolute Gasteiger partial charge is 0.481 e. The molecule has 1 rings (SSSR count). The van der Waals surface area contributed by atoms with E-state index in [1.54, 1.807) is 0 Å². The van der Waals surface area contributed by atoms with E-state index in [2.05, 4.69) is 31.4 Å². The lowest BCUT2D eigenvalue weighted by Gasteiger charge is -2.19. The number of carboxylic acid groups (broad SMARTS) is 1. The minimum atomic E-state index is -0.803. The van der Waals surface area contributed by atoms with Gasteiger partial charge in [0, 0.05) is 19.5 Å². The minimum absolute atomic E-state index is 0.00113. The van der Waals surface area contributed by atoms with Gasteiger partial charge in [0.25, 0.3) is 0 Å². The topological polar surface area (TPSA) is 78.4 Å². The lowest BCUT2D eigenvalue weighted by Crippen LogP contribution is -2.41. The molecule has 1 saturated carbocycles. The van der Waals surface area contributed by atoms with Gasteiger partial charge in [-0.05, 0) is 42.9 Å². The number of nitrogens with one attached hydrogen (secondary N) is 2. The van der Waals surface area contributed by atoms with Crippen LogP contribution in [0, 0.1) is 17.3 Å². The molecular formula is C16H30N2O3. The molecule has 0 aromatic carbocycles. The van der Waals surface area contributed by atoms with Crippen LogP contribution in [0.25, 0.3) is 0 Å². The van der Waals surface area contributed by atoms with Gasteiger partial charge < -0.3 is 15.7 Å². The second-order valence-electron chi connectivity index (χ2n) is 6.91. The molecule has 1 aliphatic rings. The van der Waals surface area contributed by atoms with Gasteiger partial charge in [0.05, 0.1) is 0 Å². The summed E-state index contributed by atoms with van der Waals surface area (Å²) in [5.41, 5.74) is 0.338. The first-order valence-electron chi connectivity index (χ1n) is 8.10. The second-order valence-corrected chi connectivity index (χ2v) is 6.91. The summed E-state index contributed by atoms with van der Waals surface area (Å²) < 4.78 is 0. The number of amides is 2. The maximum absolute atomic E-state index is 11.8. The van der Waals surface area contributed by atoms with Crippen molar-refractivity contribution in [3.63, 3.8) is 0 Å². The van der Waals surface area contributed by atoms with E-state index < -0.39 is 5.97 Å². The van der Waals surface area contributed by atoms with Crippen molar-refractivity contribution in [2.24, 2.45) is 17.3 Å². The molecular weight excluding hydrogens is 268 g/mol. The Morgan fingerprint density at radius 1 is 1.24 bits per heavy atom. The Morgan fingerprint density at radius 3 is 2.38 bits per heavy atom. The van der Waals surface area contributed by atoms with Gasteiger partial charge in [-0.15, -0.1) is 0 Å². The predicted octanol–water partition coefficient (Wildman–Crippen LogP) is 3.00. The predicted molar refractivity (Wildman–Crippen MR) is 83.2 cm³/mol. The maximum Gasteiger partial charge on any atom is 0.314 e. The average molecular weight is 298 g/mol. The first kappa shape index (κ1) is 17.8. The van der Waals surface area contributed by atoms with Crippen LogP contribution in [0.2, 0.25) is 0 Å².